The molecule has 0 radical (unpaired) electrons. The van der Waals surface area contributed by atoms with Gasteiger partial charge in [-0.3, -0.25) is 9.78 Å². The van der Waals surface area contributed by atoms with Gasteiger partial charge < -0.3 is 9.64 Å². The number of pyridine rings is 1. The summed E-state index contributed by atoms with van der Waals surface area (Å²) in [6.45, 7) is 1.85. The molecule has 0 aliphatic carbocycles. The summed E-state index contributed by atoms with van der Waals surface area (Å²) in [5.74, 6) is -0.0808. The van der Waals surface area contributed by atoms with E-state index >= 15 is 0 Å². The second kappa shape index (κ2) is 7.09. The van der Waals surface area contributed by atoms with E-state index in [4.69, 9.17) is 4.74 Å². The molecular formula is C16H18N4O2. The largest absolute Gasteiger partial charge is 0.372 e. The number of carbonyl (C=O) groups excluding carboxylic acids is 1. The Labute approximate surface area is 129 Å². The lowest BCUT2D eigenvalue weighted by Gasteiger charge is -2.32. The predicted molar refractivity (Wildman–Crippen MR) is 80.0 cm³/mol. The first kappa shape index (κ1) is 14.6. The van der Waals surface area contributed by atoms with Crippen molar-refractivity contribution in [2.24, 2.45) is 0 Å². The molecule has 2 aromatic heterocycles. The van der Waals surface area contributed by atoms with Crippen molar-refractivity contribution in [1.29, 1.82) is 0 Å². The lowest BCUT2D eigenvalue weighted by Crippen LogP contribution is -2.43. The maximum atomic E-state index is 12.4. The summed E-state index contributed by atoms with van der Waals surface area (Å²) in [5.41, 5.74) is 1.43. The standard InChI is InChI=1S/C16H18N4O2/c21-16(15-6-2-8-18-19-15)20-9-3-5-14(11-20)22-12-13-4-1-7-17-10-13/h1-2,4,6-8,10,14H,3,5,9,11-12H2/t14-/m1/s1. The van der Waals surface area contributed by atoms with E-state index in [0.717, 1.165) is 24.9 Å². The lowest BCUT2D eigenvalue weighted by atomic mass is 10.1. The highest BCUT2D eigenvalue weighted by Gasteiger charge is 2.25. The van der Waals surface area contributed by atoms with Gasteiger partial charge in [-0.1, -0.05) is 6.07 Å². The highest BCUT2D eigenvalue weighted by atomic mass is 16.5. The number of hydrogen-bond acceptors (Lipinski definition) is 5. The van der Waals surface area contributed by atoms with Crippen molar-refractivity contribution in [2.75, 3.05) is 13.1 Å². The van der Waals surface area contributed by atoms with Crippen LogP contribution in [0, 0.1) is 0 Å². The van der Waals surface area contributed by atoms with Crippen molar-refractivity contribution in [1.82, 2.24) is 20.1 Å². The minimum absolute atomic E-state index is 0.0505. The topological polar surface area (TPSA) is 68.2 Å². The van der Waals surface area contributed by atoms with E-state index in [1.54, 1.807) is 35.6 Å². The molecule has 1 fully saturated rings. The SMILES string of the molecule is O=C(c1cccnn1)N1CCC[C@@H](OCc2cccnc2)C1. The lowest BCUT2D eigenvalue weighted by molar-refractivity contribution is -0.00700. The van der Waals surface area contributed by atoms with Gasteiger partial charge in [0.05, 0.1) is 12.7 Å². The summed E-state index contributed by atoms with van der Waals surface area (Å²) in [5, 5.41) is 7.64. The third-order valence-electron chi connectivity index (χ3n) is 3.67. The van der Waals surface area contributed by atoms with Crippen LogP contribution in [0.15, 0.2) is 42.9 Å². The number of hydrogen-bond donors (Lipinski definition) is 0. The van der Waals surface area contributed by atoms with E-state index in [1.165, 1.54) is 0 Å². The Bertz CT molecular complexity index is 606. The number of aromatic nitrogens is 3. The van der Waals surface area contributed by atoms with Gasteiger partial charge in [0.25, 0.3) is 5.91 Å². The summed E-state index contributed by atoms with van der Waals surface area (Å²) in [6.07, 6.45) is 7.05. The van der Waals surface area contributed by atoms with Crippen molar-refractivity contribution in [2.45, 2.75) is 25.6 Å². The van der Waals surface area contributed by atoms with Crippen molar-refractivity contribution < 1.29 is 9.53 Å². The molecule has 0 aromatic carbocycles. The van der Waals surface area contributed by atoms with Gasteiger partial charge in [0.15, 0.2) is 5.69 Å². The minimum atomic E-state index is -0.0808. The molecule has 1 saturated heterocycles. The van der Waals surface area contributed by atoms with Crippen molar-refractivity contribution >= 4 is 5.91 Å². The van der Waals surface area contributed by atoms with Crippen LogP contribution in [0.5, 0.6) is 0 Å². The van der Waals surface area contributed by atoms with E-state index in [1.807, 2.05) is 12.1 Å². The Morgan fingerprint density at radius 2 is 2.23 bits per heavy atom. The first-order valence-electron chi connectivity index (χ1n) is 7.40. The number of piperidine rings is 1. The number of carbonyl (C=O) groups is 1. The average Bonchev–Trinajstić information content (AvgIpc) is 2.61. The van der Waals surface area contributed by atoms with Crippen LogP contribution in [0.3, 0.4) is 0 Å². The van der Waals surface area contributed by atoms with E-state index in [-0.39, 0.29) is 12.0 Å². The zero-order valence-electron chi connectivity index (χ0n) is 12.3. The molecule has 0 saturated carbocycles. The molecule has 0 N–H and O–H groups in total. The third-order valence-corrected chi connectivity index (χ3v) is 3.67. The summed E-state index contributed by atoms with van der Waals surface area (Å²) in [7, 11) is 0. The fraction of sp³-hybridized carbons (Fsp3) is 0.375. The number of likely N-dealkylation sites (tertiary alicyclic amines) is 1. The van der Waals surface area contributed by atoms with Gasteiger partial charge in [0.2, 0.25) is 0 Å². The molecule has 2 aromatic rings. The van der Waals surface area contributed by atoms with Gasteiger partial charge in [0.1, 0.15) is 0 Å². The monoisotopic (exact) mass is 298 g/mol. The maximum Gasteiger partial charge on any atom is 0.274 e. The Morgan fingerprint density at radius 3 is 3.00 bits per heavy atom. The molecule has 1 aliphatic heterocycles. The van der Waals surface area contributed by atoms with Crippen LogP contribution in [0.2, 0.25) is 0 Å². The Morgan fingerprint density at radius 1 is 1.32 bits per heavy atom. The number of nitrogens with zero attached hydrogens (tertiary/aromatic N) is 4. The van der Waals surface area contributed by atoms with Crippen LogP contribution in [0.4, 0.5) is 0 Å². The summed E-state index contributed by atoms with van der Waals surface area (Å²) < 4.78 is 5.92. The first-order valence-corrected chi connectivity index (χ1v) is 7.40. The van der Waals surface area contributed by atoms with Crippen LogP contribution in [-0.4, -0.2) is 45.2 Å². The molecule has 0 unspecified atom stereocenters. The predicted octanol–water partition coefficient (Wildman–Crippen LogP) is 1.69. The van der Waals surface area contributed by atoms with Crippen LogP contribution in [0.1, 0.15) is 28.9 Å². The van der Waals surface area contributed by atoms with Gasteiger partial charge >= 0.3 is 0 Å². The average molecular weight is 298 g/mol. The molecule has 1 atom stereocenters. The first-order chi connectivity index (χ1) is 10.8. The van der Waals surface area contributed by atoms with Gasteiger partial charge in [-0.05, 0) is 36.6 Å². The Kier molecular flexibility index (Phi) is 4.70. The maximum absolute atomic E-state index is 12.4. The van der Waals surface area contributed by atoms with Crippen LogP contribution >= 0.6 is 0 Å². The smallest absolute Gasteiger partial charge is 0.274 e. The molecule has 3 heterocycles. The van der Waals surface area contributed by atoms with E-state index in [9.17, 15) is 4.79 Å². The Hall–Kier alpha value is -2.34. The van der Waals surface area contributed by atoms with Crippen molar-refractivity contribution in [3.05, 3.63) is 54.1 Å². The highest BCUT2D eigenvalue weighted by Crippen LogP contribution is 2.16. The van der Waals surface area contributed by atoms with E-state index < -0.39 is 0 Å². The second-order valence-electron chi connectivity index (χ2n) is 5.30. The minimum Gasteiger partial charge on any atom is -0.372 e. The van der Waals surface area contributed by atoms with Crippen molar-refractivity contribution in [3.63, 3.8) is 0 Å². The highest BCUT2D eigenvalue weighted by molar-refractivity contribution is 5.92. The van der Waals surface area contributed by atoms with Crippen LogP contribution in [0.25, 0.3) is 0 Å². The molecule has 1 amide bonds. The molecule has 114 valence electrons. The van der Waals surface area contributed by atoms with E-state index in [0.29, 0.717) is 18.8 Å². The number of amides is 1. The molecule has 22 heavy (non-hydrogen) atoms. The zero-order chi connectivity index (χ0) is 15.2. The second-order valence-corrected chi connectivity index (χ2v) is 5.30. The fourth-order valence-electron chi connectivity index (χ4n) is 2.53. The van der Waals surface area contributed by atoms with Crippen LogP contribution in [-0.2, 0) is 11.3 Å². The summed E-state index contributed by atoms with van der Waals surface area (Å²) in [4.78, 5) is 18.2. The molecule has 1 aliphatic rings. The molecule has 0 bridgehead atoms. The fourth-order valence-corrected chi connectivity index (χ4v) is 2.53. The van der Waals surface area contributed by atoms with E-state index in [2.05, 4.69) is 15.2 Å². The molecule has 6 nitrogen and oxygen atoms in total. The summed E-state index contributed by atoms with van der Waals surface area (Å²) in [6, 6.07) is 7.29. The van der Waals surface area contributed by atoms with Crippen LogP contribution < -0.4 is 0 Å². The quantitative estimate of drug-likeness (QED) is 0.859. The van der Waals surface area contributed by atoms with Gasteiger partial charge in [0, 0.05) is 31.7 Å². The number of ether oxygens (including phenoxy) is 1. The molecular weight excluding hydrogens is 280 g/mol. The van der Waals surface area contributed by atoms with Crippen molar-refractivity contribution in [3.8, 4) is 0 Å². The normalized spacial score (nSPS) is 18.2. The Balaban J connectivity index is 1.56. The molecule has 6 heteroatoms. The van der Waals surface area contributed by atoms with Gasteiger partial charge in [-0.25, -0.2) is 0 Å². The van der Waals surface area contributed by atoms with Gasteiger partial charge in [-0.15, -0.1) is 5.10 Å². The van der Waals surface area contributed by atoms with Gasteiger partial charge in [-0.2, -0.15) is 5.10 Å². The summed E-state index contributed by atoms with van der Waals surface area (Å²) >= 11 is 0. The molecule has 3 rings (SSSR count). The molecule has 0 spiro atoms. The zero-order valence-corrected chi connectivity index (χ0v) is 12.3. The number of rotatable bonds is 4. The third kappa shape index (κ3) is 3.65.